The molecule has 0 amide bonds. The number of benzene rings is 1. The number of anilines is 1. The molecule has 2 nitrogen and oxygen atoms in total. The van der Waals surface area contributed by atoms with Crippen molar-refractivity contribution in [2.45, 2.75) is 32.7 Å². The van der Waals surface area contributed by atoms with E-state index in [1.165, 1.54) is 37.1 Å². The minimum Gasteiger partial charge on any atom is -0.379 e. The first-order valence-corrected chi connectivity index (χ1v) is 6.28. The molecule has 2 rings (SSSR count). The van der Waals surface area contributed by atoms with Crippen molar-refractivity contribution in [3.05, 3.63) is 36.4 Å². The highest BCUT2D eigenvalue weighted by Gasteiger charge is 2.12. The molecule has 1 heterocycles. The van der Waals surface area contributed by atoms with Crippen LogP contribution in [0.4, 0.5) is 5.69 Å². The van der Waals surface area contributed by atoms with Crippen LogP contribution in [0.3, 0.4) is 0 Å². The highest BCUT2D eigenvalue weighted by atomic mass is 15.1. The van der Waals surface area contributed by atoms with Gasteiger partial charge in [0, 0.05) is 18.8 Å². The highest BCUT2D eigenvalue weighted by molar-refractivity contribution is 5.53. The van der Waals surface area contributed by atoms with E-state index in [2.05, 4.69) is 48.0 Å². The van der Waals surface area contributed by atoms with Crippen LogP contribution in [-0.2, 0) is 6.54 Å². The summed E-state index contributed by atoms with van der Waals surface area (Å²) < 4.78 is 0. The van der Waals surface area contributed by atoms with Crippen LogP contribution in [0.2, 0.25) is 0 Å². The summed E-state index contributed by atoms with van der Waals surface area (Å²) in [6, 6.07) is 8.58. The minimum absolute atomic E-state index is 1.04. The molecule has 0 bridgehead atoms. The van der Waals surface area contributed by atoms with Crippen LogP contribution in [0.5, 0.6) is 0 Å². The zero-order valence-corrected chi connectivity index (χ0v) is 10.1. The van der Waals surface area contributed by atoms with Gasteiger partial charge >= 0.3 is 0 Å². The summed E-state index contributed by atoms with van der Waals surface area (Å²) in [7, 11) is 0. The summed E-state index contributed by atoms with van der Waals surface area (Å²) in [4.78, 5) is 2.51. The molecule has 1 N–H and O–H groups in total. The molecule has 2 heteroatoms. The second-order valence-electron chi connectivity index (χ2n) is 4.45. The molecular weight excluding hydrogens is 196 g/mol. The van der Waals surface area contributed by atoms with Gasteiger partial charge in [-0.15, -0.1) is 0 Å². The summed E-state index contributed by atoms with van der Waals surface area (Å²) in [6.07, 6.45) is 3.95. The molecule has 1 aromatic rings. The van der Waals surface area contributed by atoms with Gasteiger partial charge in [0.05, 0.1) is 6.54 Å². The number of para-hydroxylation sites is 1. The summed E-state index contributed by atoms with van der Waals surface area (Å²) in [6.45, 7) is 7.74. The van der Waals surface area contributed by atoms with Gasteiger partial charge in [0.15, 0.2) is 0 Å². The first-order valence-electron chi connectivity index (χ1n) is 6.28. The first kappa shape index (κ1) is 11.5. The number of hydrogen-bond donors (Lipinski definition) is 1. The summed E-state index contributed by atoms with van der Waals surface area (Å²) in [5, 5.41) is 3.38. The van der Waals surface area contributed by atoms with Gasteiger partial charge in [0.2, 0.25) is 0 Å². The third-order valence-electron chi connectivity index (χ3n) is 3.10. The molecule has 1 aliphatic rings. The number of rotatable bonds is 4. The Labute approximate surface area is 98.7 Å². The van der Waals surface area contributed by atoms with E-state index in [0.29, 0.717) is 0 Å². The Bertz CT molecular complexity index is 322. The average molecular weight is 217 g/mol. The molecule has 0 spiro atoms. The lowest BCUT2D eigenvalue weighted by molar-refractivity contribution is 0.284. The normalized spacial score (nSPS) is 16.3. The number of hydrogen-bond acceptors (Lipinski definition) is 2. The van der Waals surface area contributed by atoms with E-state index >= 15 is 0 Å². The number of unbranched alkanes of at least 4 members (excludes halogenated alkanes) is 2. The molecule has 0 saturated heterocycles. The van der Waals surface area contributed by atoms with Gasteiger partial charge in [-0.1, -0.05) is 38.0 Å². The van der Waals surface area contributed by atoms with Crippen molar-refractivity contribution in [3.63, 3.8) is 0 Å². The Kier molecular flexibility index (Phi) is 4.23. The third-order valence-corrected chi connectivity index (χ3v) is 3.10. The number of nitrogens with one attached hydrogen (secondary N) is 1. The lowest BCUT2D eigenvalue weighted by Gasteiger charge is -2.19. The van der Waals surface area contributed by atoms with Gasteiger partial charge in [-0.2, -0.15) is 0 Å². The van der Waals surface area contributed by atoms with E-state index in [0.717, 1.165) is 13.1 Å². The van der Waals surface area contributed by atoms with Crippen molar-refractivity contribution in [3.8, 4) is 0 Å². The van der Waals surface area contributed by atoms with Crippen LogP contribution in [0.25, 0.3) is 0 Å². The Morgan fingerprint density at radius 3 is 3.00 bits per heavy atom. The van der Waals surface area contributed by atoms with Crippen LogP contribution in [-0.4, -0.2) is 18.0 Å². The van der Waals surface area contributed by atoms with Crippen LogP contribution < -0.4 is 5.32 Å². The Hall–Kier alpha value is -1.02. The average Bonchev–Trinajstić information content (AvgIpc) is 2.51. The largest absolute Gasteiger partial charge is 0.379 e. The number of fused-ring (bicyclic) bond motifs is 1. The Morgan fingerprint density at radius 1 is 1.25 bits per heavy atom. The molecule has 1 radical (unpaired) electrons. The predicted molar refractivity (Wildman–Crippen MR) is 69.2 cm³/mol. The van der Waals surface area contributed by atoms with Crippen molar-refractivity contribution in [2.75, 3.05) is 18.4 Å². The summed E-state index contributed by atoms with van der Waals surface area (Å²) in [5.41, 5.74) is 2.67. The lowest BCUT2D eigenvalue weighted by atomic mass is 10.1. The number of nitrogens with zero attached hydrogens (tertiary/aromatic N) is 1. The maximum atomic E-state index is 3.38. The monoisotopic (exact) mass is 217 g/mol. The van der Waals surface area contributed by atoms with Crippen LogP contribution >= 0.6 is 0 Å². The maximum absolute atomic E-state index is 3.38. The van der Waals surface area contributed by atoms with Gasteiger partial charge in [-0.05, 0) is 24.6 Å². The molecule has 16 heavy (non-hydrogen) atoms. The molecule has 0 atom stereocenters. The topological polar surface area (TPSA) is 15.3 Å². The van der Waals surface area contributed by atoms with Crippen molar-refractivity contribution < 1.29 is 0 Å². The fourth-order valence-electron chi connectivity index (χ4n) is 2.14. The SMILES string of the molecule is CCCCCN1C[CH]Nc2ccccc2C1. The zero-order chi connectivity index (χ0) is 11.2. The standard InChI is InChI=1S/C14H21N2/c1-2-3-6-10-16-11-9-15-14-8-5-4-7-13(14)12-16/h4-5,7-9,15H,2-3,6,10-12H2,1H3. The zero-order valence-electron chi connectivity index (χ0n) is 10.1. The predicted octanol–water partition coefficient (Wildman–Crippen LogP) is 3.27. The van der Waals surface area contributed by atoms with Crippen molar-refractivity contribution >= 4 is 5.69 Å². The van der Waals surface area contributed by atoms with E-state index in [4.69, 9.17) is 0 Å². The molecule has 1 aromatic carbocycles. The van der Waals surface area contributed by atoms with E-state index in [-0.39, 0.29) is 0 Å². The van der Waals surface area contributed by atoms with Crippen molar-refractivity contribution in [1.82, 2.24) is 4.90 Å². The molecule has 87 valence electrons. The maximum Gasteiger partial charge on any atom is 0.0602 e. The molecule has 1 aliphatic heterocycles. The van der Waals surface area contributed by atoms with Crippen LogP contribution in [0, 0.1) is 6.54 Å². The van der Waals surface area contributed by atoms with Gasteiger partial charge in [0.1, 0.15) is 0 Å². The third kappa shape index (κ3) is 2.99. The molecule has 0 fully saturated rings. The van der Waals surface area contributed by atoms with E-state index < -0.39 is 0 Å². The van der Waals surface area contributed by atoms with E-state index in [9.17, 15) is 0 Å². The lowest BCUT2D eigenvalue weighted by Crippen LogP contribution is -2.25. The van der Waals surface area contributed by atoms with Crippen molar-refractivity contribution in [2.24, 2.45) is 0 Å². The molecule has 0 unspecified atom stereocenters. The smallest absolute Gasteiger partial charge is 0.0602 e. The van der Waals surface area contributed by atoms with Crippen molar-refractivity contribution in [1.29, 1.82) is 0 Å². The quantitative estimate of drug-likeness (QED) is 0.779. The van der Waals surface area contributed by atoms with E-state index in [1.54, 1.807) is 0 Å². The fraction of sp³-hybridized carbons (Fsp3) is 0.500. The molecule has 0 aromatic heterocycles. The Morgan fingerprint density at radius 2 is 2.12 bits per heavy atom. The van der Waals surface area contributed by atoms with Gasteiger partial charge < -0.3 is 5.32 Å². The minimum atomic E-state index is 1.04. The second kappa shape index (κ2) is 5.90. The molecular formula is C14H21N2. The summed E-state index contributed by atoms with van der Waals surface area (Å²) in [5.74, 6) is 0. The Balaban J connectivity index is 1.94. The van der Waals surface area contributed by atoms with Crippen LogP contribution in [0.15, 0.2) is 24.3 Å². The molecule has 0 saturated carbocycles. The molecule has 0 aliphatic carbocycles. The van der Waals surface area contributed by atoms with Gasteiger partial charge in [0.25, 0.3) is 0 Å². The fourth-order valence-corrected chi connectivity index (χ4v) is 2.14. The van der Waals surface area contributed by atoms with Crippen LogP contribution in [0.1, 0.15) is 31.7 Å². The van der Waals surface area contributed by atoms with Gasteiger partial charge in [-0.25, -0.2) is 0 Å². The van der Waals surface area contributed by atoms with E-state index in [1.807, 2.05) is 0 Å². The second-order valence-corrected chi connectivity index (χ2v) is 4.45. The summed E-state index contributed by atoms with van der Waals surface area (Å²) >= 11 is 0. The highest BCUT2D eigenvalue weighted by Crippen LogP contribution is 2.20. The van der Waals surface area contributed by atoms with Gasteiger partial charge in [-0.3, -0.25) is 4.90 Å². The first-order chi connectivity index (χ1) is 7.90.